The van der Waals surface area contributed by atoms with Gasteiger partial charge in [-0.1, -0.05) is 118 Å². The second-order valence-electron chi connectivity index (χ2n) is 15.0. The average molecular weight is 640 g/mol. The zero-order valence-corrected chi connectivity index (χ0v) is 28.4. The fourth-order valence-electron chi connectivity index (χ4n) is 9.12. The second-order valence-corrected chi connectivity index (χ2v) is 15.0. The molecule has 3 nitrogen and oxygen atoms in total. The van der Waals surface area contributed by atoms with Crippen LogP contribution in [0, 0.1) is 0 Å². The number of rotatable bonds is 2. The summed E-state index contributed by atoms with van der Waals surface area (Å²) in [6.45, 7) is 6.97. The van der Waals surface area contributed by atoms with Gasteiger partial charge in [-0.05, 0) is 82.0 Å². The second kappa shape index (κ2) is 9.80. The van der Waals surface area contributed by atoms with E-state index < -0.39 is 0 Å². The van der Waals surface area contributed by atoms with E-state index in [0.717, 1.165) is 0 Å². The molecule has 11 rings (SSSR count). The number of anilines is 3. The van der Waals surface area contributed by atoms with Gasteiger partial charge < -0.3 is 14.0 Å². The minimum absolute atomic E-state index is 0.0984. The SMILES string of the molecule is CC(C)(C)c1ccc(-n2c3ccccc3c3c2ccc2c4cccc5c4n(c23)-c2cccc3c2B5c2ccccc2N3c2ccccc2)cc1. The first-order valence-electron chi connectivity index (χ1n) is 17.7. The number of hydrogen-bond acceptors (Lipinski definition) is 1. The highest BCUT2D eigenvalue weighted by molar-refractivity contribution is 7.00. The van der Waals surface area contributed by atoms with Crippen LogP contribution in [0.2, 0.25) is 0 Å². The Bertz CT molecular complexity index is 2850. The largest absolute Gasteiger partial charge is 0.311 e. The molecule has 0 atom stereocenters. The monoisotopic (exact) mass is 639 g/mol. The lowest BCUT2D eigenvalue weighted by atomic mass is 9.34. The molecule has 9 aromatic rings. The Labute approximate surface area is 291 Å². The van der Waals surface area contributed by atoms with E-state index in [1.54, 1.807) is 0 Å². The van der Waals surface area contributed by atoms with Crippen molar-refractivity contribution in [1.29, 1.82) is 0 Å². The lowest BCUT2D eigenvalue weighted by Crippen LogP contribution is -2.60. The van der Waals surface area contributed by atoms with Gasteiger partial charge in [-0.3, -0.25) is 0 Å². The number of aromatic nitrogens is 2. The van der Waals surface area contributed by atoms with E-state index in [4.69, 9.17) is 0 Å². The minimum Gasteiger partial charge on any atom is -0.311 e. The van der Waals surface area contributed by atoms with Crippen LogP contribution in [0.5, 0.6) is 0 Å². The Hall–Kier alpha value is -6.00. The molecule has 236 valence electrons. The Kier molecular flexibility index (Phi) is 5.47. The summed E-state index contributed by atoms with van der Waals surface area (Å²) in [6.07, 6.45) is 0. The van der Waals surface area contributed by atoms with E-state index in [9.17, 15) is 0 Å². The maximum Gasteiger partial charge on any atom is 0.252 e. The number of benzene rings is 7. The molecule has 0 spiro atoms. The molecule has 0 fully saturated rings. The van der Waals surface area contributed by atoms with E-state index >= 15 is 0 Å². The van der Waals surface area contributed by atoms with Crippen molar-refractivity contribution in [1.82, 2.24) is 9.13 Å². The molecule has 4 heteroatoms. The Morgan fingerprint density at radius 2 is 1.10 bits per heavy atom. The Morgan fingerprint density at radius 1 is 0.440 bits per heavy atom. The third-order valence-electron chi connectivity index (χ3n) is 11.3. The summed E-state index contributed by atoms with van der Waals surface area (Å²) in [7, 11) is 0. The summed E-state index contributed by atoms with van der Waals surface area (Å²) in [5, 5.41) is 5.18. The maximum absolute atomic E-state index is 2.61. The summed E-state index contributed by atoms with van der Waals surface area (Å²) in [5.41, 5.74) is 16.7. The maximum atomic E-state index is 2.61. The topological polar surface area (TPSA) is 13.1 Å². The normalized spacial score (nSPS) is 13.4. The molecule has 50 heavy (non-hydrogen) atoms. The van der Waals surface area contributed by atoms with E-state index in [2.05, 4.69) is 186 Å². The standard InChI is InChI=1S/C46H34BN3/c1-46(2,3)29-23-25-31(26-24-29)48-37-19-9-7-15-34(37)42-39(48)28-27-33-32-16-11-18-36-44(32)50(45(33)42)41-22-12-21-40-43(41)47(36)35-17-8-10-20-38(35)49(40)30-13-5-4-6-14-30/h4-28H,1-3H3. The molecule has 2 aromatic heterocycles. The van der Waals surface area contributed by atoms with Gasteiger partial charge in [0.05, 0.1) is 16.6 Å². The summed E-state index contributed by atoms with van der Waals surface area (Å²) >= 11 is 0. The zero-order valence-electron chi connectivity index (χ0n) is 28.4. The zero-order chi connectivity index (χ0) is 33.3. The summed E-state index contributed by atoms with van der Waals surface area (Å²) in [5.74, 6) is 0. The van der Waals surface area contributed by atoms with Gasteiger partial charge in [-0.25, -0.2) is 0 Å². The van der Waals surface area contributed by atoms with Crippen LogP contribution < -0.4 is 21.3 Å². The van der Waals surface area contributed by atoms with E-state index in [1.807, 2.05) is 0 Å². The molecule has 0 saturated heterocycles. The van der Waals surface area contributed by atoms with Crippen molar-refractivity contribution in [3.63, 3.8) is 0 Å². The number of fused-ring (bicyclic) bond motifs is 11. The molecule has 7 aromatic carbocycles. The minimum atomic E-state index is 0.0984. The van der Waals surface area contributed by atoms with Gasteiger partial charge in [0.1, 0.15) is 0 Å². The van der Waals surface area contributed by atoms with Crippen LogP contribution in [0.25, 0.3) is 55.0 Å². The van der Waals surface area contributed by atoms with Gasteiger partial charge in [0.2, 0.25) is 0 Å². The summed E-state index contributed by atoms with van der Waals surface area (Å²) in [6, 6.07) is 56.5. The lowest BCUT2D eigenvalue weighted by molar-refractivity contribution is 0.590. The van der Waals surface area contributed by atoms with E-state index in [0.29, 0.717) is 0 Å². The van der Waals surface area contributed by atoms with Crippen molar-refractivity contribution < 1.29 is 0 Å². The van der Waals surface area contributed by atoms with Gasteiger partial charge in [-0.2, -0.15) is 0 Å². The molecular formula is C46H34BN3. The number of nitrogens with zero attached hydrogens (tertiary/aromatic N) is 3. The third kappa shape index (κ3) is 3.55. The molecule has 0 amide bonds. The molecular weight excluding hydrogens is 605 g/mol. The van der Waals surface area contributed by atoms with Gasteiger partial charge >= 0.3 is 0 Å². The van der Waals surface area contributed by atoms with Crippen molar-refractivity contribution in [3.8, 4) is 11.4 Å². The molecule has 0 saturated carbocycles. The highest BCUT2D eigenvalue weighted by Crippen LogP contribution is 2.45. The van der Waals surface area contributed by atoms with Crippen LogP contribution in [0.15, 0.2) is 152 Å². The molecule has 2 aliphatic heterocycles. The van der Waals surface area contributed by atoms with Gasteiger partial charge in [-0.15, -0.1) is 0 Å². The highest BCUT2D eigenvalue weighted by atomic mass is 15.2. The van der Waals surface area contributed by atoms with Gasteiger partial charge in [0.25, 0.3) is 6.71 Å². The lowest BCUT2D eigenvalue weighted by Gasteiger charge is -2.40. The molecule has 0 N–H and O–H groups in total. The highest BCUT2D eigenvalue weighted by Gasteiger charge is 2.41. The predicted molar refractivity (Wildman–Crippen MR) is 213 cm³/mol. The van der Waals surface area contributed by atoms with Crippen LogP contribution >= 0.6 is 0 Å². The number of para-hydroxylation sites is 4. The molecule has 2 aliphatic rings. The first kappa shape index (κ1) is 27.9. The van der Waals surface area contributed by atoms with Gasteiger partial charge in [0, 0.05) is 55.5 Å². The molecule has 0 radical (unpaired) electrons. The summed E-state index contributed by atoms with van der Waals surface area (Å²) in [4.78, 5) is 2.46. The molecule has 0 bridgehead atoms. The third-order valence-corrected chi connectivity index (χ3v) is 11.3. The molecule has 0 aliphatic carbocycles. The van der Waals surface area contributed by atoms with Crippen LogP contribution in [-0.4, -0.2) is 15.8 Å². The fourth-order valence-corrected chi connectivity index (χ4v) is 9.12. The van der Waals surface area contributed by atoms with Crippen molar-refractivity contribution >= 4 is 83.8 Å². The van der Waals surface area contributed by atoms with Crippen LogP contribution in [0.3, 0.4) is 0 Å². The van der Waals surface area contributed by atoms with Crippen molar-refractivity contribution in [3.05, 3.63) is 157 Å². The molecule has 4 heterocycles. The van der Waals surface area contributed by atoms with Crippen LogP contribution in [-0.2, 0) is 5.41 Å². The fraction of sp³-hybridized carbons (Fsp3) is 0.0870. The van der Waals surface area contributed by atoms with Crippen LogP contribution in [0.1, 0.15) is 26.3 Å². The first-order valence-corrected chi connectivity index (χ1v) is 17.7. The summed E-state index contributed by atoms with van der Waals surface area (Å²) < 4.78 is 5.07. The Balaban J connectivity index is 1.28. The number of hydrogen-bond donors (Lipinski definition) is 0. The van der Waals surface area contributed by atoms with Gasteiger partial charge in [0.15, 0.2) is 0 Å². The van der Waals surface area contributed by atoms with E-state index in [-0.39, 0.29) is 12.1 Å². The smallest absolute Gasteiger partial charge is 0.252 e. The first-order chi connectivity index (χ1) is 24.5. The predicted octanol–water partition coefficient (Wildman–Crippen LogP) is 9.79. The average Bonchev–Trinajstić information content (AvgIpc) is 3.67. The Morgan fingerprint density at radius 3 is 1.94 bits per heavy atom. The van der Waals surface area contributed by atoms with Crippen LogP contribution in [0.4, 0.5) is 17.1 Å². The van der Waals surface area contributed by atoms with Crippen molar-refractivity contribution in [2.24, 2.45) is 0 Å². The van der Waals surface area contributed by atoms with E-state index in [1.165, 1.54) is 94.0 Å². The van der Waals surface area contributed by atoms with Crippen molar-refractivity contribution in [2.45, 2.75) is 26.2 Å². The van der Waals surface area contributed by atoms with Crippen molar-refractivity contribution in [2.75, 3.05) is 4.90 Å². The molecule has 0 unspecified atom stereocenters. The quantitative estimate of drug-likeness (QED) is 0.172.